The van der Waals surface area contributed by atoms with Crippen LogP contribution in [0.2, 0.25) is 0 Å². The molecule has 0 aliphatic heterocycles. The third kappa shape index (κ3) is 2.74. The Morgan fingerprint density at radius 2 is 1.86 bits per heavy atom. The monoisotopic (exact) mass is 279 g/mol. The van der Waals surface area contributed by atoms with Gasteiger partial charge in [-0.15, -0.1) is 0 Å². The number of aromatic hydroxyl groups is 1. The summed E-state index contributed by atoms with van der Waals surface area (Å²) in [7, 11) is 0. The van der Waals surface area contributed by atoms with E-state index in [9.17, 15) is 5.11 Å². The number of pyridine rings is 1. The number of nitrogens with two attached hydrogens (primary N) is 1. The lowest BCUT2D eigenvalue weighted by atomic mass is 10.1. The molecule has 1 aromatic heterocycles. The van der Waals surface area contributed by atoms with E-state index in [4.69, 9.17) is 5.73 Å². The van der Waals surface area contributed by atoms with Gasteiger partial charge in [0, 0.05) is 23.3 Å². The summed E-state index contributed by atoms with van der Waals surface area (Å²) in [5, 5.41) is 15.0. The molecule has 4 nitrogen and oxygen atoms in total. The highest BCUT2D eigenvalue weighted by molar-refractivity contribution is 5.92. The molecule has 0 bridgehead atoms. The Morgan fingerprint density at radius 1 is 1.10 bits per heavy atom. The second-order valence-electron chi connectivity index (χ2n) is 5.10. The van der Waals surface area contributed by atoms with Crippen LogP contribution in [0.1, 0.15) is 18.5 Å². The molecular formula is C17H17N3O. The maximum Gasteiger partial charge on any atom is 0.134 e. The summed E-state index contributed by atoms with van der Waals surface area (Å²) in [4.78, 5) is 4.38. The molecule has 1 atom stereocenters. The van der Waals surface area contributed by atoms with Gasteiger partial charge in [0.2, 0.25) is 0 Å². The fourth-order valence-corrected chi connectivity index (χ4v) is 2.34. The topological polar surface area (TPSA) is 71.2 Å². The summed E-state index contributed by atoms with van der Waals surface area (Å²) in [6.45, 7) is 2.06. The quantitative estimate of drug-likeness (QED) is 0.639. The van der Waals surface area contributed by atoms with Crippen LogP contribution >= 0.6 is 0 Å². The lowest BCUT2D eigenvalue weighted by molar-refractivity contribution is 0.476. The van der Waals surface area contributed by atoms with E-state index in [1.54, 1.807) is 18.3 Å². The molecule has 3 rings (SSSR count). The lowest BCUT2D eigenvalue weighted by Crippen LogP contribution is -2.08. The van der Waals surface area contributed by atoms with Gasteiger partial charge in [-0.2, -0.15) is 0 Å². The van der Waals surface area contributed by atoms with Crippen LogP contribution in [0.5, 0.6) is 5.75 Å². The zero-order chi connectivity index (χ0) is 14.8. The number of benzene rings is 2. The molecule has 1 heterocycles. The van der Waals surface area contributed by atoms with Gasteiger partial charge in [-0.1, -0.05) is 18.2 Å². The van der Waals surface area contributed by atoms with Crippen LogP contribution in [0.15, 0.2) is 54.7 Å². The smallest absolute Gasteiger partial charge is 0.134 e. The number of nitrogen functional groups attached to an aromatic ring is 1. The number of hydrogen-bond donors (Lipinski definition) is 3. The number of nitrogens with zero attached hydrogens (tertiary/aromatic N) is 1. The molecule has 0 aliphatic rings. The standard InChI is InChI=1S/C17H17N3O/c1-11(12-2-5-14(18)6-3-12)20-17-16-10-15(21)7-4-13(16)8-9-19-17/h2-11,21H,18H2,1H3,(H,19,20). The Balaban J connectivity index is 1.94. The van der Waals surface area contributed by atoms with Crippen LogP contribution in [0.25, 0.3) is 10.8 Å². The lowest BCUT2D eigenvalue weighted by Gasteiger charge is -2.16. The Bertz CT molecular complexity index is 769. The van der Waals surface area contributed by atoms with E-state index in [0.29, 0.717) is 0 Å². The first-order valence-corrected chi connectivity index (χ1v) is 6.83. The highest BCUT2D eigenvalue weighted by atomic mass is 16.3. The molecule has 0 spiro atoms. The van der Waals surface area contributed by atoms with Crippen molar-refractivity contribution in [2.75, 3.05) is 11.1 Å². The number of rotatable bonds is 3. The van der Waals surface area contributed by atoms with Gasteiger partial charge in [0.1, 0.15) is 11.6 Å². The van der Waals surface area contributed by atoms with Crippen LogP contribution < -0.4 is 11.1 Å². The van der Waals surface area contributed by atoms with Gasteiger partial charge in [-0.3, -0.25) is 0 Å². The van der Waals surface area contributed by atoms with Gasteiger partial charge in [-0.05, 0) is 48.2 Å². The molecule has 3 aromatic rings. The molecule has 21 heavy (non-hydrogen) atoms. The van der Waals surface area contributed by atoms with Crippen molar-refractivity contribution in [3.8, 4) is 5.75 Å². The molecule has 0 saturated heterocycles. The number of fused-ring (bicyclic) bond motifs is 1. The van der Waals surface area contributed by atoms with Crippen molar-refractivity contribution in [2.45, 2.75) is 13.0 Å². The minimum absolute atomic E-state index is 0.0889. The van der Waals surface area contributed by atoms with Gasteiger partial charge < -0.3 is 16.2 Å². The Labute approximate surface area is 123 Å². The summed E-state index contributed by atoms with van der Waals surface area (Å²) in [5.41, 5.74) is 7.59. The zero-order valence-electron chi connectivity index (χ0n) is 11.7. The van der Waals surface area contributed by atoms with Crippen LogP contribution in [0, 0.1) is 0 Å². The molecule has 0 aliphatic carbocycles. The second kappa shape index (κ2) is 5.32. The van der Waals surface area contributed by atoms with E-state index in [2.05, 4.69) is 17.2 Å². The molecule has 0 radical (unpaired) electrons. The molecule has 2 aromatic carbocycles. The maximum absolute atomic E-state index is 9.67. The number of hydrogen-bond acceptors (Lipinski definition) is 4. The van der Waals surface area contributed by atoms with E-state index in [1.165, 1.54) is 0 Å². The van der Waals surface area contributed by atoms with Crippen molar-refractivity contribution in [2.24, 2.45) is 0 Å². The molecule has 0 fully saturated rings. The van der Waals surface area contributed by atoms with E-state index in [0.717, 1.165) is 27.8 Å². The van der Waals surface area contributed by atoms with E-state index >= 15 is 0 Å². The Kier molecular flexibility index (Phi) is 3.36. The van der Waals surface area contributed by atoms with Crippen LogP contribution in [0.4, 0.5) is 11.5 Å². The van der Waals surface area contributed by atoms with E-state index in [-0.39, 0.29) is 11.8 Å². The Morgan fingerprint density at radius 3 is 2.62 bits per heavy atom. The number of nitrogens with one attached hydrogen (secondary N) is 1. The van der Waals surface area contributed by atoms with Gasteiger partial charge in [0.05, 0.1) is 0 Å². The molecule has 4 N–H and O–H groups in total. The van der Waals surface area contributed by atoms with Crippen LogP contribution in [-0.4, -0.2) is 10.1 Å². The minimum atomic E-state index is 0.0889. The third-order valence-electron chi connectivity index (χ3n) is 3.54. The SMILES string of the molecule is CC(Nc1nccc2ccc(O)cc12)c1ccc(N)cc1. The number of phenolic OH excluding ortho intramolecular Hbond substituents is 1. The average Bonchev–Trinajstić information content (AvgIpc) is 2.48. The van der Waals surface area contributed by atoms with Gasteiger partial charge in [0.25, 0.3) is 0 Å². The second-order valence-corrected chi connectivity index (χ2v) is 5.10. The summed E-state index contributed by atoms with van der Waals surface area (Å²) >= 11 is 0. The Hall–Kier alpha value is -2.75. The highest BCUT2D eigenvalue weighted by Gasteiger charge is 2.09. The first-order chi connectivity index (χ1) is 10.1. The predicted octanol–water partition coefficient (Wildman–Crippen LogP) is 3.70. The molecular weight excluding hydrogens is 262 g/mol. The number of aromatic nitrogens is 1. The molecule has 4 heteroatoms. The first-order valence-electron chi connectivity index (χ1n) is 6.83. The van der Waals surface area contributed by atoms with Crippen LogP contribution in [-0.2, 0) is 0 Å². The number of phenols is 1. The molecule has 106 valence electrons. The third-order valence-corrected chi connectivity index (χ3v) is 3.54. The van der Waals surface area contributed by atoms with E-state index in [1.807, 2.05) is 36.4 Å². The van der Waals surface area contributed by atoms with Crippen LogP contribution in [0.3, 0.4) is 0 Å². The van der Waals surface area contributed by atoms with Crippen molar-refractivity contribution in [1.82, 2.24) is 4.98 Å². The summed E-state index contributed by atoms with van der Waals surface area (Å²) in [5.74, 6) is 0.992. The minimum Gasteiger partial charge on any atom is -0.508 e. The van der Waals surface area contributed by atoms with Gasteiger partial charge in [0.15, 0.2) is 0 Å². The normalized spacial score (nSPS) is 12.2. The maximum atomic E-state index is 9.67. The fraction of sp³-hybridized carbons (Fsp3) is 0.118. The average molecular weight is 279 g/mol. The van der Waals surface area contributed by atoms with Crippen molar-refractivity contribution in [3.63, 3.8) is 0 Å². The molecule has 0 amide bonds. The predicted molar refractivity (Wildman–Crippen MR) is 86.3 cm³/mol. The van der Waals surface area contributed by atoms with Crippen molar-refractivity contribution >= 4 is 22.3 Å². The summed E-state index contributed by atoms with van der Waals surface area (Å²) < 4.78 is 0. The van der Waals surface area contributed by atoms with E-state index < -0.39 is 0 Å². The zero-order valence-corrected chi connectivity index (χ0v) is 11.7. The first kappa shape index (κ1) is 13.2. The van der Waals surface area contributed by atoms with Gasteiger partial charge >= 0.3 is 0 Å². The number of anilines is 2. The molecule has 1 unspecified atom stereocenters. The van der Waals surface area contributed by atoms with Crippen molar-refractivity contribution in [3.05, 3.63) is 60.3 Å². The van der Waals surface area contributed by atoms with Crippen molar-refractivity contribution < 1.29 is 5.11 Å². The fourth-order valence-electron chi connectivity index (χ4n) is 2.34. The van der Waals surface area contributed by atoms with Gasteiger partial charge in [-0.25, -0.2) is 4.98 Å². The van der Waals surface area contributed by atoms with Crippen molar-refractivity contribution in [1.29, 1.82) is 0 Å². The summed E-state index contributed by atoms with van der Waals surface area (Å²) in [6.07, 6.45) is 1.76. The summed E-state index contributed by atoms with van der Waals surface area (Å²) in [6, 6.07) is 15.1. The molecule has 0 saturated carbocycles. The largest absolute Gasteiger partial charge is 0.508 e. The highest BCUT2D eigenvalue weighted by Crippen LogP contribution is 2.28.